The summed E-state index contributed by atoms with van der Waals surface area (Å²) in [6.45, 7) is -0.0314. The number of hydrogen-bond acceptors (Lipinski definition) is 3. The normalized spacial score (nSPS) is 11.3. The van der Waals surface area contributed by atoms with Gasteiger partial charge in [-0.05, 0) is 30.3 Å². The van der Waals surface area contributed by atoms with Gasteiger partial charge >= 0.3 is 6.18 Å². The summed E-state index contributed by atoms with van der Waals surface area (Å²) in [5.74, 6) is -0.426. The van der Waals surface area contributed by atoms with Crippen LogP contribution in [0.5, 0.6) is 0 Å². The van der Waals surface area contributed by atoms with Crippen LogP contribution in [0, 0.1) is 0 Å². The lowest BCUT2D eigenvalue weighted by Crippen LogP contribution is -2.37. The first-order valence-electron chi connectivity index (χ1n) is 6.28. The van der Waals surface area contributed by atoms with Crippen LogP contribution in [0.3, 0.4) is 0 Å². The molecule has 9 heteroatoms. The fraction of sp³-hybridized carbons (Fsp3) is 0.143. The topological polar surface area (TPSA) is 54.0 Å². The van der Waals surface area contributed by atoms with Gasteiger partial charge in [0.1, 0.15) is 0 Å². The van der Waals surface area contributed by atoms with Crippen molar-refractivity contribution in [3.05, 3.63) is 63.4 Å². The number of benzene rings is 1. The van der Waals surface area contributed by atoms with Gasteiger partial charge in [-0.1, -0.05) is 23.2 Å². The van der Waals surface area contributed by atoms with Crippen LogP contribution in [0.15, 0.2) is 36.5 Å². The smallest absolute Gasteiger partial charge is 0.287 e. The number of carbonyl (C=O) groups excluding carboxylic acids is 1. The number of hydrogen-bond donors (Lipinski definition) is 2. The first-order chi connectivity index (χ1) is 10.8. The van der Waals surface area contributed by atoms with Crippen molar-refractivity contribution in [1.82, 2.24) is 15.8 Å². The minimum Gasteiger partial charge on any atom is -0.287 e. The maximum absolute atomic E-state index is 12.5. The summed E-state index contributed by atoms with van der Waals surface area (Å²) in [7, 11) is 0. The Balaban J connectivity index is 1.94. The van der Waals surface area contributed by atoms with E-state index in [-0.39, 0.29) is 17.3 Å². The number of rotatable bonds is 4. The van der Waals surface area contributed by atoms with Crippen LogP contribution in [0.25, 0.3) is 0 Å². The van der Waals surface area contributed by atoms with E-state index in [1.807, 2.05) is 0 Å². The van der Waals surface area contributed by atoms with Gasteiger partial charge in [0, 0.05) is 16.8 Å². The van der Waals surface area contributed by atoms with Crippen molar-refractivity contribution in [3.63, 3.8) is 0 Å². The molecule has 1 amide bonds. The zero-order valence-corrected chi connectivity index (χ0v) is 12.9. The van der Waals surface area contributed by atoms with E-state index in [0.29, 0.717) is 16.8 Å². The van der Waals surface area contributed by atoms with Crippen molar-refractivity contribution in [1.29, 1.82) is 0 Å². The predicted molar refractivity (Wildman–Crippen MR) is 80.0 cm³/mol. The third-order valence-electron chi connectivity index (χ3n) is 2.81. The Kier molecular flexibility index (Phi) is 5.46. The second-order valence-corrected chi connectivity index (χ2v) is 5.31. The molecule has 0 aliphatic heterocycles. The molecule has 0 bridgehead atoms. The van der Waals surface area contributed by atoms with Crippen LogP contribution < -0.4 is 10.9 Å². The lowest BCUT2D eigenvalue weighted by molar-refractivity contribution is -0.137. The highest BCUT2D eigenvalue weighted by atomic mass is 35.5. The molecule has 0 spiro atoms. The fourth-order valence-corrected chi connectivity index (χ4v) is 1.99. The predicted octanol–water partition coefficient (Wildman–Crippen LogP) is 3.84. The van der Waals surface area contributed by atoms with Gasteiger partial charge < -0.3 is 0 Å². The van der Waals surface area contributed by atoms with Crippen LogP contribution in [0.4, 0.5) is 13.2 Å². The largest absolute Gasteiger partial charge is 0.417 e. The molecular weight excluding hydrogens is 354 g/mol. The number of pyridine rings is 1. The average Bonchev–Trinajstić information content (AvgIpc) is 2.48. The first-order valence-corrected chi connectivity index (χ1v) is 7.03. The van der Waals surface area contributed by atoms with Gasteiger partial charge in [-0.2, -0.15) is 13.2 Å². The Morgan fingerprint density at radius 3 is 2.39 bits per heavy atom. The van der Waals surface area contributed by atoms with Gasteiger partial charge in [-0.15, -0.1) is 0 Å². The number of aromatic nitrogens is 1. The van der Waals surface area contributed by atoms with E-state index >= 15 is 0 Å². The van der Waals surface area contributed by atoms with Crippen LogP contribution in [-0.2, 0) is 12.7 Å². The van der Waals surface area contributed by atoms with Gasteiger partial charge in [-0.25, -0.2) is 5.43 Å². The molecule has 0 radical (unpaired) electrons. The van der Waals surface area contributed by atoms with Crippen molar-refractivity contribution < 1.29 is 18.0 Å². The maximum atomic E-state index is 12.5. The molecule has 0 unspecified atom stereocenters. The molecule has 2 N–H and O–H groups in total. The number of nitrogens with one attached hydrogen (secondary N) is 2. The molecule has 1 heterocycles. The number of alkyl halides is 3. The molecule has 0 aliphatic carbocycles. The summed E-state index contributed by atoms with van der Waals surface area (Å²) in [5, 5.41) is 0.350. The van der Waals surface area contributed by atoms with E-state index in [4.69, 9.17) is 23.2 Å². The fourth-order valence-electron chi connectivity index (χ4n) is 1.63. The zero-order chi connectivity index (χ0) is 17.0. The van der Waals surface area contributed by atoms with Crippen molar-refractivity contribution in [2.75, 3.05) is 0 Å². The number of amides is 1. The molecule has 2 rings (SSSR count). The summed E-state index contributed by atoms with van der Waals surface area (Å²) in [6, 6.07) is 6.97. The van der Waals surface area contributed by atoms with Gasteiger partial charge in [0.25, 0.3) is 5.91 Å². The van der Waals surface area contributed by atoms with E-state index in [2.05, 4.69) is 15.8 Å². The van der Waals surface area contributed by atoms with E-state index in [0.717, 1.165) is 6.07 Å². The molecule has 1 aromatic heterocycles. The minimum absolute atomic E-state index is 0.0314. The van der Waals surface area contributed by atoms with Crippen LogP contribution in [-0.4, -0.2) is 10.9 Å². The van der Waals surface area contributed by atoms with Crippen molar-refractivity contribution in [2.45, 2.75) is 12.7 Å². The Morgan fingerprint density at radius 1 is 1.17 bits per heavy atom. The summed E-state index contributed by atoms with van der Waals surface area (Å²) in [6.07, 6.45) is -3.82. The first kappa shape index (κ1) is 17.5. The summed E-state index contributed by atoms with van der Waals surface area (Å²) < 4.78 is 37.5. The lowest BCUT2D eigenvalue weighted by Gasteiger charge is -2.10. The SMILES string of the molecule is O=C(NNCc1ncc(C(F)(F)F)cc1Cl)c1ccc(Cl)cc1. The molecule has 2 aromatic rings. The summed E-state index contributed by atoms with van der Waals surface area (Å²) in [4.78, 5) is 15.4. The highest BCUT2D eigenvalue weighted by Gasteiger charge is 2.31. The molecule has 23 heavy (non-hydrogen) atoms. The maximum Gasteiger partial charge on any atom is 0.417 e. The van der Waals surface area contributed by atoms with Crippen molar-refractivity contribution in [2.24, 2.45) is 0 Å². The molecule has 0 saturated heterocycles. The molecular formula is C14H10Cl2F3N3O. The van der Waals surface area contributed by atoms with Gasteiger partial charge in [0.15, 0.2) is 0 Å². The highest BCUT2D eigenvalue weighted by molar-refractivity contribution is 6.31. The highest BCUT2D eigenvalue weighted by Crippen LogP contribution is 2.30. The van der Waals surface area contributed by atoms with Crippen molar-refractivity contribution in [3.8, 4) is 0 Å². The third kappa shape index (κ3) is 4.82. The van der Waals surface area contributed by atoms with E-state index in [9.17, 15) is 18.0 Å². The van der Waals surface area contributed by atoms with Crippen molar-refractivity contribution >= 4 is 29.1 Å². The number of hydrazine groups is 1. The summed E-state index contributed by atoms with van der Waals surface area (Å²) in [5.41, 5.74) is 4.55. The van der Waals surface area contributed by atoms with E-state index in [1.54, 1.807) is 12.1 Å². The Bertz CT molecular complexity index is 705. The third-order valence-corrected chi connectivity index (χ3v) is 3.39. The monoisotopic (exact) mass is 363 g/mol. The summed E-state index contributed by atoms with van der Waals surface area (Å²) >= 11 is 11.5. The molecule has 1 aromatic carbocycles. The number of nitrogens with zero attached hydrogens (tertiary/aromatic N) is 1. The van der Waals surface area contributed by atoms with Crippen LogP contribution in [0.2, 0.25) is 10.0 Å². The van der Waals surface area contributed by atoms with Gasteiger partial charge in [-0.3, -0.25) is 15.2 Å². The number of carbonyl (C=O) groups is 1. The second kappa shape index (κ2) is 7.16. The Morgan fingerprint density at radius 2 is 1.83 bits per heavy atom. The minimum atomic E-state index is -4.51. The Labute approximate surface area is 139 Å². The molecule has 0 aliphatic rings. The molecule has 0 atom stereocenters. The van der Waals surface area contributed by atoms with E-state index < -0.39 is 17.6 Å². The van der Waals surface area contributed by atoms with Gasteiger partial charge in [0.2, 0.25) is 0 Å². The average molecular weight is 364 g/mol. The van der Waals surface area contributed by atoms with Crippen LogP contribution >= 0.6 is 23.2 Å². The quantitative estimate of drug-likeness (QED) is 0.811. The molecule has 4 nitrogen and oxygen atoms in total. The molecule has 0 saturated carbocycles. The lowest BCUT2D eigenvalue weighted by atomic mass is 10.2. The second-order valence-electron chi connectivity index (χ2n) is 4.46. The number of halogens is 5. The molecule has 122 valence electrons. The molecule has 0 fully saturated rings. The zero-order valence-electron chi connectivity index (χ0n) is 11.4. The van der Waals surface area contributed by atoms with E-state index in [1.165, 1.54) is 12.1 Å². The Hall–Kier alpha value is -1.83. The van der Waals surface area contributed by atoms with Gasteiger partial charge in [0.05, 0.1) is 22.8 Å². The van der Waals surface area contributed by atoms with Crippen LogP contribution in [0.1, 0.15) is 21.6 Å². The standard InChI is InChI=1S/C14H10Cl2F3N3O/c15-10-3-1-8(2-4-10)13(23)22-21-7-12-11(16)5-9(6-20-12)14(17,18)19/h1-6,21H,7H2,(H,22,23).